The van der Waals surface area contributed by atoms with Crippen LogP contribution in [-0.4, -0.2) is 44.9 Å². The van der Waals surface area contributed by atoms with Gasteiger partial charge in [0.2, 0.25) is 0 Å². The number of anilines is 1. The second kappa shape index (κ2) is 11.3. The number of benzene rings is 2. The number of amides is 1. The molecule has 178 valence electrons. The summed E-state index contributed by atoms with van der Waals surface area (Å²) in [6, 6.07) is 12.9. The van der Waals surface area contributed by atoms with Crippen molar-refractivity contribution >= 4 is 27.6 Å². The Labute approximate surface area is 196 Å². The lowest BCUT2D eigenvalue weighted by Gasteiger charge is -2.30. The van der Waals surface area contributed by atoms with Crippen LogP contribution in [0.25, 0.3) is 0 Å². The predicted molar refractivity (Wildman–Crippen MR) is 128 cm³/mol. The molecule has 1 heterocycles. The Morgan fingerprint density at radius 3 is 2.61 bits per heavy atom. The van der Waals surface area contributed by atoms with Crippen LogP contribution in [0.5, 0.6) is 0 Å². The molecule has 1 aliphatic heterocycles. The number of likely N-dealkylation sites (tertiary alicyclic amines) is 1. The van der Waals surface area contributed by atoms with Crippen LogP contribution in [0, 0.1) is 5.92 Å². The van der Waals surface area contributed by atoms with Crippen molar-refractivity contribution in [2.24, 2.45) is 5.92 Å². The van der Waals surface area contributed by atoms with Gasteiger partial charge >= 0.3 is 5.97 Å². The predicted octanol–water partition coefficient (Wildman–Crippen LogP) is 4.25. The van der Waals surface area contributed by atoms with Gasteiger partial charge in [0.1, 0.15) is 0 Å². The largest absolute Gasteiger partial charge is 0.452 e. The van der Waals surface area contributed by atoms with Gasteiger partial charge in [-0.25, -0.2) is 13.2 Å². The molecule has 2 aromatic carbocycles. The lowest BCUT2D eigenvalue weighted by atomic mass is 10.0. The molecule has 8 heteroatoms. The number of nitrogens with zero attached hydrogens (tertiary/aromatic N) is 1. The first kappa shape index (κ1) is 24.8. The van der Waals surface area contributed by atoms with Crippen LogP contribution in [-0.2, 0) is 26.0 Å². The van der Waals surface area contributed by atoms with Crippen molar-refractivity contribution in [3.63, 3.8) is 0 Å². The average molecular weight is 473 g/mol. The maximum Gasteiger partial charge on any atom is 0.338 e. The van der Waals surface area contributed by atoms with Gasteiger partial charge in [0.05, 0.1) is 10.5 Å². The van der Waals surface area contributed by atoms with E-state index in [-0.39, 0.29) is 23.0 Å². The quantitative estimate of drug-likeness (QED) is 0.551. The molecule has 1 aliphatic rings. The van der Waals surface area contributed by atoms with E-state index in [4.69, 9.17) is 4.74 Å². The van der Waals surface area contributed by atoms with Crippen molar-refractivity contribution in [3.05, 3.63) is 59.7 Å². The minimum Gasteiger partial charge on any atom is -0.452 e. The molecule has 0 spiro atoms. The van der Waals surface area contributed by atoms with Crippen molar-refractivity contribution in [1.82, 2.24) is 4.90 Å². The van der Waals surface area contributed by atoms with Crippen LogP contribution >= 0.6 is 0 Å². The maximum absolute atomic E-state index is 12.8. The zero-order valence-corrected chi connectivity index (χ0v) is 20.1. The number of nitrogens with one attached hydrogen (secondary N) is 1. The Kier molecular flexibility index (Phi) is 8.49. The van der Waals surface area contributed by atoms with Gasteiger partial charge in [0, 0.05) is 18.8 Å². The summed E-state index contributed by atoms with van der Waals surface area (Å²) >= 11 is 0. The number of rotatable bonds is 9. The summed E-state index contributed by atoms with van der Waals surface area (Å²) in [7, 11) is -3.89. The molecule has 0 aromatic heterocycles. The number of hydrogen-bond donors (Lipinski definition) is 1. The Balaban J connectivity index is 1.61. The number of carbonyl (C=O) groups excluding carboxylic acids is 2. The molecule has 1 amide bonds. The topological polar surface area (TPSA) is 92.8 Å². The molecule has 2 aromatic rings. The number of piperidine rings is 1. The second-order valence-corrected chi connectivity index (χ2v) is 10.3. The van der Waals surface area contributed by atoms with Crippen LogP contribution in [0.2, 0.25) is 0 Å². The van der Waals surface area contributed by atoms with Crippen LogP contribution in [0.3, 0.4) is 0 Å². The van der Waals surface area contributed by atoms with Crippen LogP contribution in [0.1, 0.15) is 55.5 Å². The van der Waals surface area contributed by atoms with Gasteiger partial charge in [-0.05, 0) is 67.5 Å². The maximum atomic E-state index is 12.8. The molecule has 0 saturated carbocycles. The Bertz CT molecular complexity index is 1070. The van der Waals surface area contributed by atoms with E-state index in [0.717, 1.165) is 37.7 Å². The molecule has 1 atom stereocenters. The monoisotopic (exact) mass is 472 g/mol. The van der Waals surface area contributed by atoms with Crippen molar-refractivity contribution < 1.29 is 22.7 Å². The summed E-state index contributed by atoms with van der Waals surface area (Å²) in [6.45, 7) is 5.19. The number of hydrogen-bond acceptors (Lipinski definition) is 5. The summed E-state index contributed by atoms with van der Waals surface area (Å²) in [5, 5.41) is 0. The van der Waals surface area contributed by atoms with Crippen molar-refractivity contribution in [2.75, 3.05) is 24.4 Å². The first-order chi connectivity index (χ1) is 15.8. The lowest BCUT2D eigenvalue weighted by Crippen LogP contribution is -2.41. The SMILES string of the molecule is CCCCc1ccc(NS(=O)(=O)c2cccc(C(=O)OCC(=O)N3CCCC(C)C3)c2)cc1. The average Bonchev–Trinajstić information content (AvgIpc) is 2.81. The highest BCUT2D eigenvalue weighted by Crippen LogP contribution is 2.19. The fourth-order valence-electron chi connectivity index (χ4n) is 3.84. The van der Waals surface area contributed by atoms with E-state index in [1.807, 2.05) is 12.1 Å². The molecule has 1 unspecified atom stereocenters. The molecule has 0 aliphatic carbocycles. The molecule has 1 fully saturated rings. The molecular formula is C25H32N2O5S. The molecule has 7 nitrogen and oxygen atoms in total. The van der Waals surface area contributed by atoms with Gasteiger partial charge in [-0.3, -0.25) is 9.52 Å². The summed E-state index contributed by atoms with van der Waals surface area (Å²) in [4.78, 5) is 26.4. The van der Waals surface area contributed by atoms with E-state index in [9.17, 15) is 18.0 Å². The fraction of sp³-hybridized carbons (Fsp3) is 0.440. The zero-order valence-electron chi connectivity index (χ0n) is 19.2. The lowest BCUT2D eigenvalue weighted by molar-refractivity contribution is -0.136. The van der Waals surface area contributed by atoms with Crippen LogP contribution in [0.15, 0.2) is 53.4 Å². The fourth-order valence-corrected chi connectivity index (χ4v) is 4.95. The van der Waals surface area contributed by atoms with E-state index in [1.54, 1.807) is 17.0 Å². The number of carbonyl (C=O) groups is 2. The number of aryl methyl sites for hydroxylation is 1. The number of ether oxygens (including phenoxy) is 1. The smallest absolute Gasteiger partial charge is 0.338 e. The second-order valence-electron chi connectivity index (χ2n) is 8.60. The third-order valence-electron chi connectivity index (χ3n) is 5.74. The highest BCUT2D eigenvalue weighted by atomic mass is 32.2. The van der Waals surface area contributed by atoms with Gasteiger partial charge in [0.15, 0.2) is 6.61 Å². The van der Waals surface area contributed by atoms with E-state index in [2.05, 4.69) is 18.6 Å². The highest BCUT2D eigenvalue weighted by Gasteiger charge is 2.23. The van der Waals surface area contributed by atoms with Gasteiger partial charge < -0.3 is 9.64 Å². The highest BCUT2D eigenvalue weighted by molar-refractivity contribution is 7.92. The summed E-state index contributed by atoms with van der Waals surface area (Å²) < 4.78 is 33.3. The summed E-state index contributed by atoms with van der Waals surface area (Å²) in [5.41, 5.74) is 1.68. The van der Waals surface area contributed by atoms with Crippen molar-refractivity contribution in [2.45, 2.75) is 50.8 Å². The minimum atomic E-state index is -3.89. The van der Waals surface area contributed by atoms with Gasteiger partial charge in [0.25, 0.3) is 15.9 Å². The van der Waals surface area contributed by atoms with E-state index < -0.39 is 16.0 Å². The molecule has 33 heavy (non-hydrogen) atoms. The Morgan fingerprint density at radius 1 is 1.15 bits per heavy atom. The van der Waals surface area contributed by atoms with Crippen LogP contribution < -0.4 is 4.72 Å². The first-order valence-corrected chi connectivity index (χ1v) is 12.9. The Hall–Kier alpha value is -2.87. The Morgan fingerprint density at radius 2 is 1.91 bits per heavy atom. The number of unbranched alkanes of at least 4 members (excludes halogenated alkanes) is 1. The zero-order chi connectivity index (χ0) is 23.8. The molecule has 0 radical (unpaired) electrons. The summed E-state index contributed by atoms with van der Waals surface area (Å²) in [5.74, 6) is -0.534. The van der Waals surface area contributed by atoms with E-state index in [0.29, 0.717) is 24.7 Å². The third-order valence-corrected chi connectivity index (χ3v) is 7.12. The molecule has 3 rings (SSSR count). The molecular weight excluding hydrogens is 440 g/mol. The van der Waals surface area contributed by atoms with Gasteiger partial charge in [-0.2, -0.15) is 0 Å². The minimum absolute atomic E-state index is 0.0526. The van der Waals surface area contributed by atoms with E-state index >= 15 is 0 Å². The number of esters is 1. The number of sulfonamides is 1. The van der Waals surface area contributed by atoms with Crippen molar-refractivity contribution in [1.29, 1.82) is 0 Å². The molecule has 1 N–H and O–H groups in total. The standard InChI is InChI=1S/C25H32N2O5S/c1-3-4-8-20-11-13-22(14-12-20)26-33(30,31)23-10-5-9-21(16-23)25(29)32-18-24(28)27-15-6-7-19(2)17-27/h5,9-14,16,19,26H,3-4,6-8,15,17-18H2,1-2H3. The van der Waals surface area contributed by atoms with Gasteiger partial charge in [-0.1, -0.05) is 38.5 Å². The normalized spacial score (nSPS) is 16.3. The molecule has 0 bridgehead atoms. The molecule has 1 saturated heterocycles. The van der Waals surface area contributed by atoms with Gasteiger partial charge in [-0.15, -0.1) is 0 Å². The van der Waals surface area contributed by atoms with Crippen LogP contribution in [0.4, 0.5) is 5.69 Å². The van der Waals surface area contributed by atoms with E-state index in [1.165, 1.54) is 24.3 Å². The summed E-state index contributed by atoms with van der Waals surface area (Å²) in [6.07, 6.45) is 5.15. The third kappa shape index (κ3) is 7.05. The van der Waals surface area contributed by atoms with Crippen molar-refractivity contribution in [3.8, 4) is 0 Å². The first-order valence-electron chi connectivity index (χ1n) is 11.4.